The molecule has 1 aliphatic heterocycles. The molecule has 0 aromatic heterocycles. The summed E-state index contributed by atoms with van der Waals surface area (Å²) < 4.78 is 0. The zero-order chi connectivity index (χ0) is 13.2. The molecule has 1 heterocycles. The number of nitrogens with zero attached hydrogens (tertiary/aromatic N) is 1. The molecule has 4 unspecified atom stereocenters. The van der Waals surface area contributed by atoms with Crippen LogP contribution in [0.25, 0.3) is 0 Å². The van der Waals surface area contributed by atoms with Gasteiger partial charge in [0.2, 0.25) is 0 Å². The molecule has 17 heavy (non-hydrogen) atoms. The quantitative estimate of drug-likeness (QED) is 0.791. The molecule has 1 saturated heterocycles. The predicted molar refractivity (Wildman–Crippen MR) is 72.9 cm³/mol. The highest BCUT2D eigenvalue weighted by Gasteiger charge is 2.38. The average Bonchev–Trinajstić information content (AvgIpc) is 2.64. The summed E-state index contributed by atoms with van der Waals surface area (Å²) in [5, 5.41) is 9.69. The molecule has 4 atom stereocenters. The molecule has 0 aliphatic carbocycles. The van der Waals surface area contributed by atoms with Crippen molar-refractivity contribution < 1.29 is 5.11 Å². The van der Waals surface area contributed by atoms with Gasteiger partial charge in [0.15, 0.2) is 0 Å². The first kappa shape index (κ1) is 14.9. The van der Waals surface area contributed by atoms with Crippen molar-refractivity contribution in [3.05, 3.63) is 0 Å². The molecule has 0 aromatic rings. The van der Waals surface area contributed by atoms with Gasteiger partial charge in [-0.3, -0.25) is 4.90 Å². The number of nitrogens with two attached hydrogens (primary N) is 1. The average molecular weight is 242 g/mol. The Balaban J connectivity index is 2.73. The molecule has 0 amide bonds. The summed E-state index contributed by atoms with van der Waals surface area (Å²) in [4.78, 5) is 2.49. The van der Waals surface area contributed by atoms with Crippen LogP contribution in [0.1, 0.15) is 47.5 Å². The van der Waals surface area contributed by atoms with E-state index in [4.69, 9.17) is 5.73 Å². The van der Waals surface area contributed by atoms with Crippen LogP contribution in [0.4, 0.5) is 0 Å². The molecule has 1 rings (SSSR count). The van der Waals surface area contributed by atoms with E-state index in [-0.39, 0.29) is 17.6 Å². The fourth-order valence-corrected chi connectivity index (χ4v) is 3.15. The number of aliphatic hydroxyl groups is 1. The van der Waals surface area contributed by atoms with Gasteiger partial charge in [-0.25, -0.2) is 0 Å². The monoisotopic (exact) mass is 242 g/mol. The lowest BCUT2D eigenvalue weighted by molar-refractivity contribution is 0.0779. The van der Waals surface area contributed by atoms with Gasteiger partial charge < -0.3 is 10.8 Å². The predicted octanol–water partition coefficient (Wildman–Crippen LogP) is 1.84. The number of aliphatic hydroxyl groups excluding tert-OH is 1. The summed E-state index contributed by atoms with van der Waals surface area (Å²) in [5.41, 5.74) is 6.50. The first-order valence-corrected chi connectivity index (χ1v) is 6.95. The second-order valence-electron chi connectivity index (χ2n) is 6.67. The minimum absolute atomic E-state index is 0.196. The topological polar surface area (TPSA) is 49.5 Å². The summed E-state index contributed by atoms with van der Waals surface area (Å²) in [6.45, 7) is 12.9. The lowest BCUT2D eigenvalue weighted by atomic mass is 9.80. The van der Waals surface area contributed by atoms with Crippen LogP contribution in [0, 0.1) is 11.3 Å². The van der Waals surface area contributed by atoms with Gasteiger partial charge in [0, 0.05) is 18.6 Å². The molecule has 0 bridgehead atoms. The van der Waals surface area contributed by atoms with Crippen LogP contribution in [-0.4, -0.2) is 41.3 Å². The van der Waals surface area contributed by atoms with E-state index >= 15 is 0 Å². The second kappa shape index (κ2) is 5.68. The van der Waals surface area contributed by atoms with Crippen LogP contribution in [-0.2, 0) is 0 Å². The number of hydrogen-bond donors (Lipinski definition) is 2. The third-order valence-corrected chi connectivity index (χ3v) is 4.10. The van der Waals surface area contributed by atoms with Crippen LogP contribution < -0.4 is 5.73 Å². The first-order valence-electron chi connectivity index (χ1n) is 6.95. The van der Waals surface area contributed by atoms with E-state index in [1.165, 1.54) is 0 Å². The Morgan fingerprint density at radius 3 is 2.35 bits per heavy atom. The molecule has 3 nitrogen and oxygen atoms in total. The van der Waals surface area contributed by atoms with E-state index in [0.717, 1.165) is 25.9 Å². The van der Waals surface area contributed by atoms with Crippen molar-refractivity contribution in [2.45, 2.75) is 65.6 Å². The van der Waals surface area contributed by atoms with Crippen molar-refractivity contribution in [3.8, 4) is 0 Å². The van der Waals surface area contributed by atoms with Crippen LogP contribution in [0.2, 0.25) is 0 Å². The largest absolute Gasteiger partial charge is 0.393 e. The Morgan fingerprint density at radius 1 is 1.41 bits per heavy atom. The summed E-state index contributed by atoms with van der Waals surface area (Å²) in [5.74, 6) is 0.420. The zero-order valence-corrected chi connectivity index (χ0v) is 12.1. The number of rotatable bonds is 4. The summed E-state index contributed by atoms with van der Waals surface area (Å²) >= 11 is 0. The van der Waals surface area contributed by atoms with Gasteiger partial charge in [-0.15, -0.1) is 0 Å². The Morgan fingerprint density at radius 2 is 2.00 bits per heavy atom. The Labute approximate surface area is 106 Å². The first-order chi connectivity index (χ1) is 7.77. The maximum absolute atomic E-state index is 9.69. The van der Waals surface area contributed by atoms with Gasteiger partial charge >= 0.3 is 0 Å². The molecule has 0 radical (unpaired) electrons. The van der Waals surface area contributed by atoms with Gasteiger partial charge in [0.1, 0.15) is 0 Å². The number of hydrogen-bond acceptors (Lipinski definition) is 3. The molecule has 1 fully saturated rings. The molecule has 3 heteroatoms. The third-order valence-electron chi connectivity index (χ3n) is 4.10. The molecular weight excluding hydrogens is 212 g/mol. The Bertz CT molecular complexity index is 235. The van der Waals surface area contributed by atoms with E-state index in [1.807, 2.05) is 6.92 Å². The van der Waals surface area contributed by atoms with Gasteiger partial charge in [-0.2, -0.15) is 0 Å². The van der Waals surface area contributed by atoms with Gasteiger partial charge in [0.05, 0.1) is 6.10 Å². The molecule has 3 N–H and O–H groups in total. The van der Waals surface area contributed by atoms with E-state index in [0.29, 0.717) is 12.0 Å². The molecular formula is C14H30N2O. The van der Waals surface area contributed by atoms with Crippen molar-refractivity contribution in [1.29, 1.82) is 0 Å². The highest BCUT2D eigenvalue weighted by atomic mass is 16.3. The highest BCUT2D eigenvalue weighted by molar-refractivity contribution is 4.94. The second-order valence-corrected chi connectivity index (χ2v) is 6.67. The maximum Gasteiger partial charge on any atom is 0.0552 e. The summed E-state index contributed by atoms with van der Waals surface area (Å²) in [6.07, 6.45) is 1.91. The van der Waals surface area contributed by atoms with Crippen molar-refractivity contribution in [3.63, 3.8) is 0 Å². The van der Waals surface area contributed by atoms with Crippen molar-refractivity contribution >= 4 is 0 Å². The van der Waals surface area contributed by atoms with Crippen molar-refractivity contribution in [2.24, 2.45) is 17.1 Å². The minimum atomic E-state index is -0.196. The van der Waals surface area contributed by atoms with Gasteiger partial charge in [-0.1, -0.05) is 27.7 Å². The minimum Gasteiger partial charge on any atom is -0.393 e. The summed E-state index contributed by atoms with van der Waals surface area (Å²) in [6, 6.07) is 0.638. The van der Waals surface area contributed by atoms with E-state index in [2.05, 4.69) is 32.6 Å². The summed E-state index contributed by atoms with van der Waals surface area (Å²) in [7, 11) is 0. The lowest BCUT2D eigenvalue weighted by Gasteiger charge is -2.42. The highest BCUT2D eigenvalue weighted by Crippen LogP contribution is 2.32. The van der Waals surface area contributed by atoms with Crippen LogP contribution in [0.15, 0.2) is 0 Å². The van der Waals surface area contributed by atoms with E-state index < -0.39 is 0 Å². The molecule has 1 aliphatic rings. The zero-order valence-electron chi connectivity index (χ0n) is 12.1. The molecule has 0 saturated carbocycles. The Hall–Kier alpha value is -0.120. The maximum atomic E-state index is 9.69. The van der Waals surface area contributed by atoms with E-state index in [1.54, 1.807) is 0 Å². The smallest absolute Gasteiger partial charge is 0.0552 e. The normalized spacial score (nSPS) is 28.1. The molecule has 102 valence electrons. The third kappa shape index (κ3) is 3.67. The molecule has 0 aromatic carbocycles. The lowest BCUT2D eigenvalue weighted by Crippen LogP contribution is -2.53. The van der Waals surface area contributed by atoms with Crippen molar-refractivity contribution in [2.75, 3.05) is 13.1 Å². The standard InChI is InChI=1S/C14H30N2O/c1-6-12(15)13(14(3,4)5)16-8-7-11(9-16)10(2)17/h10-13,17H,6-9,15H2,1-5H3. The van der Waals surface area contributed by atoms with Crippen LogP contribution in [0.3, 0.4) is 0 Å². The fourth-order valence-electron chi connectivity index (χ4n) is 3.15. The van der Waals surface area contributed by atoms with Crippen LogP contribution >= 0.6 is 0 Å². The number of likely N-dealkylation sites (tertiary alicyclic amines) is 1. The SMILES string of the molecule is CCC(N)C(N1CCC(C(C)O)C1)C(C)(C)C. The van der Waals surface area contributed by atoms with Crippen molar-refractivity contribution in [1.82, 2.24) is 4.90 Å². The van der Waals surface area contributed by atoms with Gasteiger partial charge in [-0.05, 0) is 37.6 Å². The molecule has 0 spiro atoms. The Kier molecular flexibility index (Phi) is 4.99. The van der Waals surface area contributed by atoms with E-state index in [9.17, 15) is 5.11 Å². The van der Waals surface area contributed by atoms with Crippen LogP contribution in [0.5, 0.6) is 0 Å². The van der Waals surface area contributed by atoms with Gasteiger partial charge in [0.25, 0.3) is 0 Å². The fraction of sp³-hybridized carbons (Fsp3) is 1.00.